The summed E-state index contributed by atoms with van der Waals surface area (Å²) in [7, 11) is 1.75. The van der Waals surface area contributed by atoms with Gasteiger partial charge in [0.15, 0.2) is 0 Å². The number of halogens is 3. The molecule has 12 heteroatoms. The van der Waals surface area contributed by atoms with Crippen molar-refractivity contribution in [2.24, 2.45) is 7.05 Å². The molecule has 1 aromatic carbocycles. The summed E-state index contributed by atoms with van der Waals surface area (Å²) < 4.78 is 43.9. The van der Waals surface area contributed by atoms with Crippen LogP contribution < -0.4 is 4.90 Å². The zero-order valence-electron chi connectivity index (χ0n) is 18.6. The molecule has 1 amide bonds. The number of hydrogen-bond donors (Lipinski definition) is 0. The number of hydrogen-bond acceptors (Lipinski definition) is 7. The van der Waals surface area contributed by atoms with E-state index >= 15 is 0 Å². The van der Waals surface area contributed by atoms with Crippen LogP contribution in [0.3, 0.4) is 0 Å². The molecule has 5 rings (SSSR count). The van der Waals surface area contributed by atoms with Gasteiger partial charge in [-0.1, -0.05) is 35.5 Å². The van der Waals surface area contributed by atoms with Crippen molar-refractivity contribution < 1.29 is 22.5 Å². The Labute approximate surface area is 197 Å². The molecule has 0 atom stereocenters. The summed E-state index contributed by atoms with van der Waals surface area (Å²) in [5, 5.41) is 7.85. The topological polar surface area (TPSA) is 93.2 Å². The number of rotatable bonds is 4. The lowest BCUT2D eigenvalue weighted by molar-refractivity contribution is -0.159. The van der Waals surface area contributed by atoms with Crippen molar-refractivity contribution in [2.45, 2.75) is 6.18 Å². The molecule has 180 valence electrons. The summed E-state index contributed by atoms with van der Waals surface area (Å²) in [5.74, 6) is -1.03. The first-order valence-corrected chi connectivity index (χ1v) is 10.8. The molecular weight excluding hydrogens is 463 g/mol. The normalized spacial score (nSPS) is 14.4. The van der Waals surface area contributed by atoms with Crippen molar-refractivity contribution in [3.8, 4) is 22.6 Å². The summed E-state index contributed by atoms with van der Waals surface area (Å²) in [4.78, 5) is 24.6. The quantitative estimate of drug-likeness (QED) is 0.439. The van der Waals surface area contributed by atoms with Gasteiger partial charge in [0.2, 0.25) is 5.82 Å². The van der Waals surface area contributed by atoms with E-state index in [1.165, 1.54) is 6.20 Å². The van der Waals surface area contributed by atoms with E-state index in [0.717, 1.165) is 11.3 Å². The molecule has 0 bridgehead atoms. The van der Waals surface area contributed by atoms with Gasteiger partial charge in [0, 0.05) is 50.6 Å². The number of carbonyl (C=O) groups excluding carboxylic acids is 1. The van der Waals surface area contributed by atoms with E-state index in [2.05, 4.69) is 24.7 Å². The number of amides is 1. The maximum atomic E-state index is 13.1. The lowest BCUT2D eigenvalue weighted by Gasteiger charge is -2.35. The van der Waals surface area contributed by atoms with Gasteiger partial charge in [-0.25, -0.2) is 4.98 Å². The smallest absolute Gasteiger partial charge is 0.353 e. The first-order chi connectivity index (χ1) is 16.8. The van der Waals surface area contributed by atoms with Gasteiger partial charge in [0.05, 0.1) is 5.69 Å². The number of aromatic nitrogens is 5. The minimum atomic E-state index is -4.70. The number of carbonyl (C=O) groups is 1. The molecule has 4 aromatic rings. The summed E-state index contributed by atoms with van der Waals surface area (Å²) in [6, 6.07) is 14.7. The molecular formula is C23H20F3N7O2. The van der Waals surface area contributed by atoms with Crippen molar-refractivity contribution in [3.05, 3.63) is 66.3 Å². The maximum absolute atomic E-state index is 13.1. The van der Waals surface area contributed by atoms with E-state index in [1.54, 1.807) is 34.8 Å². The van der Waals surface area contributed by atoms with Crippen molar-refractivity contribution in [2.75, 3.05) is 31.1 Å². The SMILES string of the molecule is Cn1nc(-c2ccccc2)cc1C(=O)N1CCN(c2ccc(-c3noc(C(F)(F)F)n3)cn2)CC1. The molecule has 1 aliphatic heterocycles. The van der Waals surface area contributed by atoms with Crippen molar-refractivity contribution >= 4 is 11.7 Å². The van der Waals surface area contributed by atoms with Crippen LogP contribution in [0.5, 0.6) is 0 Å². The third-order valence-electron chi connectivity index (χ3n) is 5.73. The fourth-order valence-electron chi connectivity index (χ4n) is 3.88. The molecule has 0 aliphatic carbocycles. The Morgan fingerprint density at radius 1 is 1.00 bits per heavy atom. The summed E-state index contributed by atoms with van der Waals surface area (Å²) in [6.45, 7) is 2.10. The Morgan fingerprint density at radius 2 is 1.74 bits per heavy atom. The monoisotopic (exact) mass is 483 g/mol. The highest BCUT2D eigenvalue weighted by atomic mass is 19.4. The van der Waals surface area contributed by atoms with Crippen LogP contribution >= 0.6 is 0 Å². The van der Waals surface area contributed by atoms with Gasteiger partial charge >= 0.3 is 12.1 Å². The minimum Gasteiger partial charge on any atom is -0.353 e. The lowest BCUT2D eigenvalue weighted by atomic mass is 10.1. The van der Waals surface area contributed by atoms with Gasteiger partial charge in [0.25, 0.3) is 5.91 Å². The number of alkyl halides is 3. The third-order valence-corrected chi connectivity index (χ3v) is 5.73. The Morgan fingerprint density at radius 3 is 2.37 bits per heavy atom. The van der Waals surface area contributed by atoms with Crippen LogP contribution in [0.2, 0.25) is 0 Å². The van der Waals surface area contributed by atoms with E-state index in [0.29, 0.717) is 43.3 Å². The van der Waals surface area contributed by atoms with Crippen molar-refractivity contribution in [1.29, 1.82) is 0 Å². The van der Waals surface area contributed by atoms with E-state index in [-0.39, 0.29) is 11.7 Å². The summed E-state index contributed by atoms with van der Waals surface area (Å²) in [6.07, 6.45) is -3.30. The van der Waals surface area contributed by atoms with Gasteiger partial charge in [-0.2, -0.15) is 23.3 Å². The molecule has 0 radical (unpaired) electrons. The molecule has 1 saturated heterocycles. The first kappa shape index (κ1) is 22.6. The second-order valence-electron chi connectivity index (χ2n) is 8.01. The van der Waals surface area contributed by atoms with Gasteiger partial charge < -0.3 is 14.3 Å². The molecule has 0 spiro atoms. The molecule has 4 heterocycles. The highest BCUT2D eigenvalue weighted by molar-refractivity contribution is 5.94. The number of nitrogens with zero attached hydrogens (tertiary/aromatic N) is 7. The highest BCUT2D eigenvalue weighted by Gasteiger charge is 2.38. The van der Waals surface area contributed by atoms with Crippen LogP contribution in [0.15, 0.2) is 59.3 Å². The Bertz CT molecular complexity index is 1330. The maximum Gasteiger partial charge on any atom is 0.471 e. The third kappa shape index (κ3) is 4.59. The second-order valence-corrected chi connectivity index (χ2v) is 8.01. The average Bonchev–Trinajstić information content (AvgIpc) is 3.52. The summed E-state index contributed by atoms with van der Waals surface area (Å²) in [5.41, 5.74) is 2.51. The van der Waals surface area contributed by atoms with Gasteiger partial charge in [-0.3, -0.25) is 9.48 Å². The van der Waals surface area contributed by atoms with E-state index in [4.69, 9.17) is 0 Å². The second kappa shape index (κ2) is 8.85. The molecule has 9 nitrogen and oxygen atoms in total. The Kier molecular flexibility index (Phi) is 5.71. The van der Waals surface area contributed by atoms with E-state index in [1.807, 2.05) is 35.2 Å². The largest absolute Gasteiger partial charge is 0.471 e. The Hall–Kier alpha value is -4.22. The minimum absolute atomic E-state index is 0.0947. The van der Waals surface area contributed by atoms with Crippen LogP contribution in [0.1, 0.15) is 16.4 Å². The molecule has 3 aromatic heterocycles. The van der Waals surface area contributed by atoms with Gasteiger partial charge in [0.1, 0.15) is 11.5 Å². The number of piperazine rings is 1. The fourth-order valence-corrected chi connectivity index (χ4v) is 3.88. The van der Waals surface area contributed by atoms with Crippen molar-refractivity contribution in [3.63, 3.8) is 0 Å². The molecule has 1 aliphatic rings. The fraction of sp³-hybridized carbons (Fsp3) is 0.261. The molecule has 0 saturated carbocycles. The Balaban J connectivity index is 1.22. The predicted molar refractivity (Wildman–Crippen MR) is 119 cm³/mol. The number of aryl methyl sites for hydroxylation is 1. The van der Waals surface area contributed by atoms with Crippen LogP contribution in [0.4, 0.5) is 19.0 Å². The average molecular weight is 483 g/mol. The zero-order valence-corrected chi connectivity index (χ0v) is 18.6. The zero-order chi connectivity index (χ0) is 24.6. The predicted octanol–water partition coefficient (Wildman–Crippen LogP) is 3.51. The first-order valence-electron chi connectivity index (χ1n) is 10.8. The molecule has 35 heavy (non-hydrogen) atoms. The molecule has 1 fully saturated rings. The van der Waals surface area contributed by atoms with Crippen LogP contribution in [-0.2, 0) is 13.2 Å². The van der Waals surface area contributed by atoms with Crippen molar-refractivity contribution in [1.82, 2.24) is 29.8 Å². The number of pyridine rings is 1. The lowest BCUT2D eigenvalue weighted by Crippen LogP contribution is -2.49. The highest BCUT2D eigenvalue weighted by Crippen LogP contribution is 2.29. The standard InChI is InChI=1S/C23H20F3N7O2/c1-31-18(13-17(29-31)15-5-3-2-4-6-15)21(34)33-11-9-32(10-12-33)19-8-7-16(14-27-19)20-28-22(35-30-20)23(24,25)26/h2-8,13-14H,9-12H2,1H3. The molecule has 0 unspecified atom stereocenters. The number of benzene rings is 1. The van der Waals surface area contributed by atoms with Crippen LogP contribution in [0.25, 0.3) is 22.6 Å². The molecule has 0 N–H and O–H groups in total. The van der Waals surface area contributed by atoms with Crippen LogP contribution in [-0.4, -0.2) is 61.9 Å². The van der Waals surface area contributed by atoms with E-state index < -0.39 is 12.1 Å². The van der Waals surface area contributed by atoms with Gasteiger partial charge in [-0.05, 0) is 18.2 Å². The van der Waals surface area contributed by atoms with E-state index in [9.17, 15) is 18.0 Å². The summed E-state index contributed by atoms with van der Waals surface area (Å²) >= 11 is 0. The van der Waals surface area contributed by atoms with Crippen LogP contribution in [0, 0.1) is 0 Å². The van der Waals surface area contributed by atoms with Gasteiger partial charge in [-0.15, -0.1) is 0 Å². The number of anilines is 1.